The molecule has 0 aliphatic carbocycles. The van der Waals surface area contributed by atoms with Gasteiger partial charge in [-0.2, -0.15) is 4.31 Å². The third-order valence-corrected chi connectivity index (χ3v) is 4.77. The summed E-state index contributed by atoms with van der Waals surface area (Å²) >= 11 is 0. The summed E-state index contributed by atoms with van der Waals surface area (Å²) in [5.74, 6) is 0. The maximum Gasteiger partial charge on any atom is 0.246 e. The molecule has 1 aliphatic heterocycles. The van der Waals surface area contributed by atoms with E-state index in [1.54, 1.807) is 19.3 Å². The first-order chi connectivity index (χ1) is 8.55. The van der Waals surface area contributed by atoms with Crippen molar-refractivity contribution in [3.05, 3.63) is 18.5 Å². The monoisotopic (exact) mass is 271 g/mol. The lowest BCUT2D eigenvalue weighted by molar-refractivity contribution is 0.0102. The molecule has 18 heavy (non-hydrogen) atoms. The highest BCUT2D eigenvalue weighted by molar-refractivity contribution is 7.89. The van der Waals surface area contributed by atoms with Crippen LogP contribution in [-0.4, -0.2) is 50.6 Å². The predicted octanol–water partition coefficient (Wildman–Crippen LogP) is 0.533. The Morgan fingerprint density at radius 2 is 2.33 bits per heavy atom. The third kappa shape index (κ3) is 2.47. The number of aromatic nitrogens is 1. The second kappa shape index (κ2) is 5.21. The normalized spacial score (nSPS) is 21.8. The first kappa shape index (κ1) is 13.3. The largest absolute Gasteiger partial charge is 0.387 e. The van der Waals surface area contributed by atoms with Crippen LogP contribution in [-0.2, 0) is 14.8 Å². The Balaban J connectivity index is 2.35. The Labute approximate surface area is 107 Å². The topological polar surface area (TPSA) is 71.5 Å². The van der Waals surface area contributed by atoms with Crippen LogP contribution in [0, 0.1) is 0 Å². The maximum absolute atomic E-state index is 12.5. The van der Waals surface area contributed by atoms with Gasteiger partial charge in [0.15, 0.2) is 0 Å². The van der Waals surface area contributed by atoms with Crippen LogP contribution in [0.3, 0.4) is 0 Å². The number of hydrogen-bond donors (Lipinski definition) is 1. The number of rotatable bonds is 3. The van der Waals surface area contributed by atoms with Gasteiger partial charge in [0.2, 0.25) is 10.0 Å². The molecule has 0 radical (unpaired) electrons. The van der Waals surface area contributed by atoms with Crippen molar-refractivity contribution in [2.75, 3.05) is 32.1 Å². The van der Waals surface area contributed by atoms with Gasteiger partial charge in [-0.05, 0) is 13.0 Å². The zero-order valence-electron chi connectivity index (χ0n) is 10.5. The van der Waals surface area contributed by atoms with Crippen molar-refractivity contribution in [3.8, 4) is 0 Å². The molecular weight excluding hydrogens is 254 g/mol. The van der Waals surface area contributed by atoms with E-state index in [9.17, 15) is 8.42 Å². The highest BCUT2D eigenvalue weighted by atomic mass is 32.2. The average molecular weight is 271 g/mol. The molecule has 1 aromatic rings. The second-order valence-corrected chi connectivity index (χ2v) is 6.07. The number of anilines is 1. The highest BCUT2D eigenvalue weighted by Crippen LogP contribution is 2.24. The Hall–Kier alpha value is -1.18. The number of pyridine rings is 1. The molecule has 0 amide bonds. The fraction of sp³-hybridized carbons (Fsp3) is 0.545. The molecule has 0 aromatic carbocycles. The Morgan fingerprint density at radius 1 is 1.56 bits per heavy atom. The van der Waals surface area contributed by atoms with Crippen LogP contribution in [0.25, 0.3) is 0 Å². The van der Waals surface area contributed by atoms with Crippen LogP contribution in [0.1, 0.15) is 6.92 Å². The lowest BCUT2D eigenvalue weighted by atomic mass is 10.3. The summed E-state index contributed by atoms with van der Waals surface area (Å²) in [5.41, 5.74) is 0.559. The van der Waals surface area contributed by atoms with Gasteiger partial charge in [0.1, 0.15) is 4.90 Å². The molecule has 0 saturated carbocycles. The second-order valence-electron chi connectivity index (χ2n) is 4.17. The van der Waals surface area contributed by atoms with Gasteiger partial charge in [-0.1, -0.05) is 0 Å². The van der Waals surface area contributed by atoms with E-state index >= 15 is 0 Å². The van der Waals surface area contributed by atoms with E-state index in [-0.39, 0.29) is 11.0 Å². The minimum Gasteiger partial charge on any atom is -0.387 e. The smallest absolute Gasteiger partial charge is 0.246 e. The molecule has 1 unspecified atom stereocenters. The van der Waals surface area contributed by atoms with Crippen molar-refractivity contribution in [1.29, 1.82) is 0 Å². The van der Waals surface area contributed by atoms with Crippen LogP contribution in [0.15, 0.2) is 23.4 Å². The molecule has 1 fully saturated rings. The van der Waals surface area contributed by atoms with Crippen LogP contribution >= 0.6 is 0 Å². The average Bonchev–Trinajstić information content (AvgIpc) is 2.38. The summed E-state index contributed by atoms with van der Waals surface area (Å²) in [5, 5.41) is 2.87. The fourth-order valence-corrected chi connectivity index (χ4v) is 3.58. The van der Waals surface area contributed by atoms with Crippen LogP contribution in [0.5, 0.6) is 0 Å². The molecular formula is C11H17N3O3S. The van der Waals surface area contributed by atoms with Crippen molar-refractivity contribution in [2.45, 2.75) is 17.9 Å². The SMILES string of the molecule is CNc1ccncc1S(=O)(=O)N1CCOC(C)C1. The predicted molar refractivity (Wildman–Crippen MR) is 68.0 cm³/mol. The van der Waals surface area contributed by atoms with E-state index < -0.39 is 10.0 Å². The minimum absolute atomic E-state index is 0.0803. The molecule has 6 nitrogen and oxygen atoms in total. The first-order valence-corrected chi connectivity index (χ1v) is 7.23. The third-order valence-electron chi connectivity index (χ3n) is 2.88. The van der Waals surface area contributed by atoms with E-state index in [1.165, 1.54) is 10.5 Å². The number of sulfonamides is 1. The highest BCUT2D eigenvalue weighted by Gasteiger charge is 2.30. The molecule has 2 heterocycles. The molecule has 0 bridgehead atoms. The van der Waals surface area contributed by atoms with Crippen LogP contribution < -0.4 is 5.32 Å². The lowest BCUT2D eigenvalue weighted by Gasteiger charge is -2.30. The molecule has 100 valence electrons. The molecule has 7 heteroatoms. The van der Waals surface area contributed by atoms with Gasteiger partial charge >= 0.3 is 0 Å². The quantitative estimate of drug-likeness (QED) is 0.868. The van der Waals surface area contributed by atoms with E-state index in [2.05, 4.69) is 10.3 Å². The zero-order chi connectivity index (χ0) is 13.2. The minimum atomic E-state index is -3.51. The van der Waals surface area contributed by atoms with Crippen molar-refractivity contribution < 1.29 is 13.2 Å². The number of ether oxygens (including phenoxy) is 1. The molecule has 1 aromatic heterocycles. The standard InChI is InChI=1S/C11H17N3O3S/c1-9-8-14(5-6-17-9)18(15,16)11-7-13-4-3-10(11)12-2/h3-4,7,9H,5-6,8H2,1-2H3,(H,12,13). The van der Waals surface area contributed by atoms with E-state index in [0.29, 0.717) is 25.4 Å². The van der Waals surface area contributed by atoms with Gasteiger partial charge in [0.25, 0.3) is 0 Å². The van der Waals surface area contributed by atoms with Gasteiger partial charge in [-0.3, -0.25) is 4.98 Å². The number of hydrogen-bond acceptors (Lipinski definition) is 5. The van der Waals surface area contributed by atoms with Crippen molar-refractivity contribution >= 4 is 15.7 Å². The Bertz CT molecular complexity index is 518. The number of nitrogens with one attached hydrogen (secondary N) is 1. The van der Waals surface area contributed by atoms with Gasteiger partial charge < -0.3 is 10.1 Å². The van der Waals surface area contributed by atoms with E-state index in [0.717, 1.165) is 0 Å². The summed E-state index contributed by atoms with van der Waals surface area (Å²) < 4.78 is 31.8. The molecule has 1 N–H and O–H groups in total. The van der Waals surface area contributed by atoms with Crippen molar-refractivity contribution in [3.63, 3.8) is 0 Å². The van der Waals surface area contributed by atoms with Gasteiger partial charge in [-0.15, -0.1) is 0 Å². The summed E-state index contributed by atoms with van der Waals surface area (Å²) in [7, 11) is -1.82. The Morgan fingerprint density at radius 3 is 3.00 bits per heavy atom. The van der Waals surface area contributed by atoms with Gasteiger partial charge in [0, 0.05) is 32.5 Å². The fourth-order valence-electron chi connectivity index (χ4n) is 1.94. The summed E-state index contributed by atoms with van der Waals surface area (Å²) in [4.78, 5) is 4.11. The lowest BCUT2D eigenvalue weighted by Crippen LogP contribution is -2.44. The van der Waals surface area contributed by atoms with Crippen LogP contribution in [0.4, 0.5) is 5.69 Å². The van der Waals surface area contributed by atoms with E-state index in [1.807, 2.05) is 6.92 Å². The van der Waals surface area contributed by atoms with Crippen molar-refractivity contribution in [2.24, 2.45) is 0 Å². The molecule has 1 saturated heterocycles. The summed E-state index contributed by atoms with van der Waals surface area (Å²) in [6.07, 6.45) is 2.86. The first-order valence-electron chi connectivity index (χ1n) is 5.79. The molecule has 2 rings (SSSR count). The van der Waals surface area contributed by atoms with Crippen LogP contribution in [0.2, 0.25) is 0 Å². The molecule has 0 spiro atoms. The Kier molecular flexibility index (Phi) is 3.84. The number of nitrogens with zero attached hydrogens (tertiary/aromatic N) is 2. The summed E-state index contributed by atoms with van der Waals surface area (Å²) in [6, 6.07) is 1.65. The van der Waals surface area contributed by atoms with Gasteiger partial charge in [0.05, 0.1) is 18.4 Å². The molecule has 1 aliphatic rings. The maximum atomic E-state index is 12.5. The zero-order valence-corrected chi connectivity index (χ0v) is 11.3. The van der Waals surface area contributed by atoms with E-state index in [4.69, 9.17) is 4.74 Å². The van der Waals surface area contributed by atoms with Crippen molar-refractivity contribution in [1.82, 2.24) is 9.29 Å². The summed E-state index contributed by atoms with van der Waals surface area (Å²) in [6.45, 7) is 3.05. The van der Waals surface area contributed by atoms with Gasteiger partial charge in [-0.25, -0.2) is 8.42 Å². The molecule has 1 atom stereocenters. The number of morpholine rings is 1.